The minimum absolute atomic E-state index is 0.225. The molecule has 0 unspecified atom stereocenters. The Morgan fingerprint density at radius 1 is 1.04 bits per heavy atom. The van der Waals surface area contributed by atoms with Crippen molar-refractivity contribution in [1.82, 2.24) is 24.0 Å². The van der Waals surface area contributed by atoms with Gasteiger partial charge in [0.25, 0.3) is 5.56 Å². The summed E-state index contributed by atoms with van der Waals surface area (Å²) in [5.74, 6) is 0.801. The zero-order valence-electron chi connectivity index (χ0n) is 14.7. The molecule has 1 saturated heterocycles. The van der Waals surface area contributed by atoms with Crippen molar-refractivity contribution < 1.29 is 0 Å². The number of nitrogens with zero attached hydrogens (tertiary/aromatic N) is 5. The number of anilines is 1. The van der Waals surface area contributed by atoms with Crippen molar-refractivity contribution in [2.75, 3.05) is 31.1 Å². The van der Waals surface area contributed by atoms with E-state index in [0.29, 0.717) is 17.7 Å². The molecule has 8 nitrogen and oxygen atoms in total. The average Bonchev–Trinajstić information content (AvgIpc) is 2.98. The predicted octanol–water partition coefficient (Wildman–Crippen LogP) is 0.126. The largest absolute Gasteiger partial charge is 0.340 e. The monoisotopic (exact) mass is 334 g/mol. The smallest absolute Gasteiger partial charge is 0.332 e. The quantitative estimate of drug-likeness (QED) is 0.841. The third-order valence-corrected chi connectivity index (χ3v) is 4.51. The van der Waals surface area contributed by atoms with E-state index in [0.717, 1.165) is 51.5 Å². The van der Waals surface area contributed by atoms with E-state index in [1.54, 1.807) is 7.05 Å². The number of piperazine rings is 1. The second-order valence-corrected chi connectivity index (χ2v) is 6.27. The van der Waals surface area contributed by atoms with Gasteiger partial charge in [-0.05, 0) is 12.8 Å². The van der Waals surface area contributed by atoms with Gasteiger partial charge in [-0.1, -0.05) is 13.8 Å². The summed E-state index contributed by atoms with van der Waals surface area (Å²) in [6, 6.07) is 0. The van der Waals surface area contributed by atoms with Gasteiger partial charge in [0, 0.05) is 46.3 Å². The van der Waals surface area contributed by atoms with Crippen LogP contribution in [0.5, 0.6) is 0 Å². The van der Waals surface area contributed by atoms with E-state index in [9.17, 15) is 9.59 Å². The lowest BCUT2D eigenvalue weighted by Gasteiger charge is -2.28. The van der Waals surface area contributed by atoms with Crippen LogP contribution >= 0.6 is 0 Å². The van der Waals surface area contributed by atoms with Crippen molar-refractivity contribution in [2.24, 2.45) is 7.05 Å². The molecule has 0 saturated carbocycles. The van der Waals surface area contributed by atoms with Gasteiger partial charge in [0.05, 0.1) is 0 Å². The Balaban J connectivity index is 2.29. The summed E-state index contributed by atoms with van der Waals surface area (Å²) in [4.78, 5) is 32.3. The minimum Gasteiger partial charge on any atom is -0.340 e. The molecule has 0 radical (unpaired) electrons. The maximum absolute atomic E-state index is 12.9. The Labute approximate surface area is 140 Å². The first-order valence-electron chi connectivity index (χ1n) is 8.75. The lowest BCUT2D eigenvalue weighted by Crippen LogP contribution is -2.44. The van der Waals surface area contributed by atoms with Gasteiger partial charge in [-0.15, -0.1) is 0 Å². The van der Waals surface area contributed by atoms with Gasteiger partial charge in [0.1, 0.15) is 0 Å². The fraction of sp³-hybridized carbons (Fsp3) is 0.688. The molecular formula is C16H26N6O2. The molecule has 8 heteroatoms. The molecule has 24 heavy (non-hydrogen) atoms. The average molecular weight is 334 g/mol. The van der Waals surface area contributed by atoms with E-state index in [1.165, 1.54) is 9.13 Å². The third-order valence-electron chi connectivity index (χ3n) is 4.51. The van der Waals surface area contributed by atoms with Crippen LogP contribution in [0, 0.1) is 0 Å². The third kappa shape index (κ3) is 2.64. The van der Waals surface area contributed by atoms with Crippen LogP contribution in [0.15, 0.2) is 9.59 Å². The minimum atomic E-state index is -0.289. The van der Waals surface area contributed by atoms with E-state index >= 15 is 0 Å². The highest BCUT2D eigenvalue weighted by Gasteiger charge is 2.23. The fourth-order valence-electron chi connectivity index (χ4n) is 3.32. The Morgan fingerprint density at radius 2 is 1.67 bits per heavy atom. The van der Waals surface area contributed by atoms with E-state index in [2.05, 4.69) is 22.1 Å². The molecule has 0 amide bonds. The lowest BCUT2D eigenvalue weighted by atomic mass is 10.4. The highest BCUT2D eigenvalue weighted by atomic mass is 16.2. The molecular weight excluding hydrogens is 308 g/mol. The first kappa shape index (κ1) is 16.8. The van der Waals surface area contributed by atoms with Crippen molar-refractivity contribution in [2.45, 2.75) is 39.8 Å². The first-order chi connectivity index (χ1) is 11.6. The molecule has 132 valence electrons. The number of imidazole rings is 1. The van der Waals surface area contributed by atoms with Crippen LogP contribution in [0.2, 0.25) is 0 Å². The van der Waals surface area contributed by atoms with Gasteiger partial charge in [-0.2, -0.15) is 4.98 Å². The van der Waals surface area contributed by atoms with Gasteiger partial charge in [-0.25, -0.2) is 4.79 Å². The molecule has 1 fully saturated rings. The summed E-state index contributed by atoms with van der Waals surface area (Å²) in [5, 5.41) is 3.33. The number of nitrogens with one attached hydrogen (secondary N) is 1. The second-order valence-electron chi connectivity index (χ2n) is 6.27. The molecule has 2 aromatic rings. The van der Waals surface area contributed by atoms with Gasteiger partial charge < -0.3 is 14.8 Å². The van der Waals surface area contributed by atoms with Gasteiger partial charge in [0.15, 0.2) is 11.2 Å². The van der Waals surface area contributed by atoms with Crippen LogP contribution in [0.4, 0.5) is 5.95 Å². The topological polar surface area (TPSA) is 77.1 Å². The molecule has 0 atom stereocenters. The lowest BCUT2D eigenvalue weighted by molar-refractivity contribution is 0.563. The molecule has 0 aliphatic carbocycles. The summed E-state index contributed by atoms with van der Waals surface area (Å²) in [5.41, 5.74) is 0.514. The maximum atomic E-state index is 12.9. The summed E-state index contributed by atoms with van der Waals surface area (Å²) < 4.78 is 4.83. The Morgan fingerprint density at radius 3 is 2.29 bits per heavy atom. The SMILES string of the molecule is CCCn1c(=O)c2c(nc(N3CCNCC3)n2CCC)n(C)c1=O. The Kier molecular flexibility index (Phi) is 4.75. The number of hydrogen-bond donors (Lipinski definition) is 1. The fourth-order valence-corrected chi connectivity index (χ4v) is 3.32. The second kappa shape index (κ2) is 6.80. The van der Waals surface area contributed by atoms with Crippen molar-refractivity contribution >= 4 is 17.1 Å². The highest BCUT2D eigenvalue weighted by molar-refractivity contribution is 5.74. The van der Waals surface area contributed by atoms with E-state index < -0.39 is 0 Å². The summed E-state index contributed by atoms with van der Waals surface area (Å²) in [7, 11) is 1.70. The molecule has 1 aliphatic heterocycles. The Hall–Kier alpha value is -2.09. The van der Waals surface area contributed by atoms with Crippen molar-refractivity contribution in [3.63, 3.8) is 0 Å². The molecule has 0 aromatic carbocycles. The van der Waals surface area contributed by atoms with Crippen molar-refractivity contribution in [3.8, 4) is 0 Å². The molecule has 0 bridgehead atoms. The molecule has 3 rings (SSSR count). The van der Waals surface area contributed by atoms with Crippen LogP contribution in [-0.4, -0.2) is 44.9 Å². The van der Waals surface area contributed by atoms with Gasteiger partial charge in [0.2, 0.25) is 5.95 Å². The maximum Gasteiger partial charge on any atom is 0.332 e. The molecule has 2 aromatic heterocycles. The zero-order chi connectivity index (χ0) is 17.3. The number of hydrogen-bond acceptors (Lipinski definition) is 5. The number of fused-ring (bicyclic) bond motifs is 1. The van der Waals surface area contributed by atoms with Crippen molar-refractivity contribution in [3.05, 3.63) is 20.8 Å². The molecule has 3 heterocycles. The standard InChI is InChI=1S/C16H26N6O2/c1-4-8-21-12-13(18-15(21)20-10-6-17-7-11-20)19(3)16(24)22(9-5-2)14(12)23/h17H,4-11H2,1-3H3. The van der Waals surface area contributed by atoms with Gasteiger partial charge >= 0.3 is 5.69 Å². The van der Waals surface area contributed by atoms with Crippen LogP contribution in [0.3, 0.4) is 0 Å². The van der Waals surface area contributed by atoms with Crippen LogP contribution < -0.4 is 21.5 Å². The first-order valence-corrected chi connectivity index (χ1v) is 8.75. The van der Waals surface area contributed by atoms with E-state index in [1.807, 2.05) is 11.5 Å². The highest BCUT2D eigenvalue weighted by Crippen LogP contribution is 2.20. The van der Waals surface area contributed by atoms with Crippen molar-refractivity contribution in [1.29, 1.82) is 0 Å². The Bertz CT molecular complexity index is 841. The zero-order valence-corrected chi connectivity index (χ0v) is 14.7. The summed E-state index contributed by atoms with van der Waals surface area (Å²) >= 11 is 0. The van der Waals surface area contributed by atoms with Crippen LogP contribution in [0.1, 0.15) is 26.7 Å². The molecule has 1 N–H and O–H groups in total. The molecule has 1 aliphatic rings. The van der Waals surface area contributed by atoms with E-state index in [-0.39, 0.29) is 11.2 Å². The number of aromatic nitrogens is 4. The summed E-state index contributed by atoms with van der Waals surface area (Å²) in [6.45, 7) is 8.69. The van der Waals surface area contributed by atoms with Crippen LogP contribution in [0.25, 0.3) is 11.2 Å². The number of rotatable bonds is 5. The van der Waals surface area contributed by atoms with E-state index in [4.69, 9.17) is 0 Å². The predicted molar refractivity (Wildman–Crippen MR) is 94.9 cm³/mol. The normalized spacial score (nSPS) is 15.4. The molecule has 0 spiro atoms. The van der Waals surface area contributed by atoms with Gasteiger partial charge in [-0.3, -0.25) is 13.9 Å². The summed E-state index contributed by atoms with van der Waals surface area (Å²) in [6.07, 6.45) is 1.65. The number of aryl methyl sites for hydroxylation is 2. The van der Waals surface area contributed by atoms with Crippen LogP contribution in [-0.2, 0) is 20.1 Å².